The molecule has 1 fully saturated rings. The van der Waals surface area contributed by atoms with Gasteiger partial charge in [-0.05, 0) is 73.9 Å². The summed E-state index contributed by atoms with van der Waals surface area (Å²) >= 11 is 0. The van der Waals surface area contributed by atoms with Crippen LogP contribution in [0, 0.1) is 11.8 Å². The number of ether oxygens (including phenoxy) is 1. The van der Waals surface area contributed by atoms with Gasteiger partial charge in [0.1, 0.15) is 22.6 Å². The number of carbonyl (C=O) groups is 1. The van der Waals surface area contributed by atoms with Crippen LogP contribution >= 0.6 is 0 Å². The van der Waals surface area contributed by atoms with Crippen LogP contribution in [-0.4, -0.2) is 27.0 Å². The largest absolute Gasteiger partial charge is 0.491 e. The molecule has 0 unspecified atom stereocenters. The number of nitrogens with two attached hydrogens (primary N) is 2. The fourth-order valence-corrected chi connectivity index (χ4v) is 4.84. The van der Waals surface area contributed by atoms with Crippen LogP contribution in [0.2, 0.25) is 0 Å². The van der Waals surface area contributed by atoms with Crippen molar-refractivity contribution in [3.8, 4) is 17.1 Å². The van der Waals surface area contributed by atoms with Gasteiger partial charge in [0.15, 0.2) is 5.58 Å². The maximum atomic E-state index is 12.0. The predicted octanol–water partition coefficient (Wildman–Crippen LogP) is 3.65. The van der Waals surface area contributed by atoms with Crippen molar-refractivity contribution in [1.82, 2.24) is 14.5 Å². The lowest BCUT2D eigenvalue weighted by Crippen LogP contribution is -2.26. The summed E-state index contributed by atoms with van der Waals surface area (Å²) in [6.45, 7) is 1.53. The first-order valence-corrected chi connectivity index (χ1v) is 11.2. The second-order valence-corrected chi connectivity index (χ2v) is 8.89. The van der Waals surface area contributed by atoms with Crippen LogP contribution in [0.4, 0.5) is 6.01 Å². The zero-order valence-corrected chi connectivity index (χ0v) is 17.7. The standard InChI is InChI=1S/C24H25N5O3/c25-22(30)16(14-3-4-14)9-13-10-18-21-20(11-13)31-8-2-1-7-29(21)23(27-18)15-5-6-19-17(12-15)28-24(26)32-19/h5-6,10-12,14,16H,1-4,7-9H2,(H2,25,30)(H2,26,28)/t16-/m0/s1. The summed E-state index contributed by atoms with van der Waals surface area (Å²) in [6.07, 6.45) is 4.75. The Balaban J connectivity index is 1.49. The van der Waals surface area contributed by atoms with Gasteiger partial charge >= 0.3 is 0 Å². The van der Waals surface area contributed by atoms with E-state index in [0.717, 1.165) is 66.0 Å². The van der Waals surface area contributed by atoms with E-state index < -0.39 is 0 Å². The predicted molar refractivity (Wildman–Crippen MR) is 121 cm³/mol. The van der Waals surface area contributed by atoms with Crippen molar-refractivity contribution in [2.24, 2.45) is 17.6 Å². The number of nitrogen functional groups attached to an aromatic ring is 1. The highest BCUT2D eigenvalue weighted by Crippen LogP contribution is 2.40. The molecule has 0 saturated heterocycles. The molecule has 1 amide bonds. The number of aromatic nitrogens is 3. The van der Waals surface area contributed by atoms with Gasteiger partial charge in [0, 0.05) is 18.0 Å². The number of imidazole rings is 1. The highest BCUT2D eigenvalue weighted by molar-refractivity contribution is 5.89. The first-order chi connectivity index (χ1) is 15.6. The number of rotatable bonds is 5. The van der Waals surface area contributed by atoms with E-state index in [-0.39, 0.29) is 17.8 Å². The summed E-state index contributed by atoms with van der Waals surface area (Å²) in [4.78, 5) is 21.3. The van der Waals surface area contributed by atoms with E-state index in [9.17, 15) is 4.79 Å². The van der Waals surface area contributed by atoms with Gasteiger partial charge in [0.05, 0.1) is 12.1 Å². The Kier molecular flexibility index (Phi) is 4.34. The third kappa shape index (κ3) is 3.26. The first-order valence-electron chi connectivity index (χ1n) is 11.2. The third-order valence-electron chi connectivity index (χ3n) is 6.57. The van der Waals surface area contributed by atoms with Gasteiger partial charge in [-0.2, -0.15) is 4.98 Å². The lowest BCUT2D eigenvalue weighted by molar-refractivity contribution is -0.122. The van der Waals surface area contributed by atoms with Crippen LogP contribution in [0.1, 0.15) is 31.2 Å². The number of benzene rings is 2. The average Bonchev–Trinajstić information content (AvgIpc) is 3.41. The molecule has 1 saturated carbocycles. The van der Waals surface area contributed by atoms with Crippen LogP contribution in [-0.2, 0) is 17.8 Å². The summed E-state index contributed by atoms with van der Waals surface area (Å²) in [6, 6.07) is 10.1. The van der Waals surface area contributed by atoms with E-state index in [2.05, 4.69) is 21.7 Å². The average molecular weight is 431 g/mol. The second-order valence-electron chi connectivity index (χ2n) is 8.89. The Morgan fingerprint density at radius 2 is 2.03 bits per heavy atom. The lowest BCUT2D eigenvalue weighted by Gasteiger charge is -2.18. The molecule has 0 bridgehead atoms. The van der Waals surface area contributed by atoms with Gasteiger partial charge in [-0.3, -0.25) is 4.79 Å². The van der Waals surface area contributed by atoms with Crippen LogP contribution in [0.5, 0.6) is 5.75 Å². The van der Waals surface area contributed by atoms with E-state index in [1.807, 2.05) is 18.2 Å². The molecule has 4 N–H and O–H groups in total. The molecule has 1 aliphatic carbocycles. The molecule has 8 heteroatoms. The maximum Gasteiger partial charge on any atom is 0.292 e. The van der Waals surface area contributed by atoms with Crippen molar-refractivity contribution in [2.75, 3.05) is 12.3 Å². The van der Waals surface area contributed by atoms with E-state index in [4.69, 9.17) is 25.6 Å². The van der Waals surface area contributed by atoms with Crippen molar-refractivity contribution in [3.05, 3.63) is 35.9 Å². The van der Waals surface area contributed by atoms with Crippen molar-refractivity contribution in [2.45, 2.75) is 38.6 Å². The van der Waals surface area contributed by atoms with Gasteiger partial charge in [-0.1, -0.05) is 0 Å². The fraction of sp³-hybridized carbons (Fsp3) is 0.375. The normalized spacial score (nSPS) is 17.1. The Bertz CT molecular complexity index is 1350. The molecule has 8 nitrogen and oxygen atoms in total. The van der Waals surface area contributed by atoms with Crippen LogP contribution in [0.15, 0.2) is 34.7 Å². The topological polar surface area (TPSA) is 122 Å². The van der Waals surface area contributed by atoms with E-state index in [0.29, 0.717) is 30.0 Å². The van der Waals surface area contributed by atoms with Gasteiger partial charge in [-0.15, -0.1) is 0 Å². The Labute approximate surface area is 184 Å². The number of anilines is 1. The minimum absolute atomic E-state index is 0.130. The number of carbonyl (C=O) groups excluding carboxylic acids is 1. The minimum atomic E-state index is -0.220. The molecule has 32 heavy (non-hydrogen) atoms. The number of fused-ring (bicyclic) bond motifs is 1. The second kappa shape index (κ2) is 7.25. The Morgan fingerprint density at radius 3 is 2.84 bits per heavy atom. The van der Waals surface area contributed by atoms with Crippen molar-refractivity contribution < 1.29 is 13.9 Å². The molecule has 1 atom stereocenters. The first kappa shape index (κ1) is 19.2. The molecule has 2 aromatic carbocycles. The third-order valence-corrected chi connectivity index (χ3v) is 6.57. The molecule has 6 rings (SSSR count). The monoisotopic (exact) mass is 431 g/mol. The Hall–Kier alpha value is -3.55. The van der Waals surface area contributed by atoms with Crippen LogP contribution < -0.4 is 16.2 Å². The number of nitrogens with zero attached hydrogens (tertiary/aromatic N) is 3. The van der Waals surface area contributed by atoms with Crippen molar-refractivity contribution >= 4 is 34.1 Å². The molecular weight excluding hydrogens is 406 g/mol. The molecule has 4 aromatic rings. The van der Waals surface area contributed by atoms with E-state index in [1.165, 1.54) is 0 Å². The summed E-state index contributed by atoms with van der Waals surface area (Å²) in [5, 5.41) is 0. The minimum Gasteiger partial charge on any atom is -0.491 e. The summed E-state index contributed by atoms with van der Waals surface area (Å²) in [5.41, 5.74) is 16.6. The molecule has 1 aliphatic heterocycles. The molecular formula is C24H25N5O3. The number of primary amides is 1. The molecule has 3 heterocycles. The van der Waals surface area contributed by atoms with Crippen LogP contribution in [0.25, 0.3) is 33.5 Å². The zero-order valence-electron chi connectivity index (χ0n) is 17.7. The molecule has 2 aromatic heterocycles. The fourth-order valence-electron chi connectivity index (χ4n) is 4.84. The van der Waals surface area contributed by atoms with Crippen LogP contribution in [0.3, 0.4) is 0 Å². The number of aryl methyl sites for hydroxylation is 1. The number of hydrogen-bond acceptors (Lipinski definition) is 6. The van der Waals surface area contributed by atoms with Crippen molar-refractivity contribution in [1.29, 1.82) is 0 Å². The van der Waals surface area contributed by atoms with Gasteiger partial charge in [0.2, 0.25) is 5.91 Å². The lowest BCUT2D eigenvalue weighted by atomic mass is 9.93. The maximum absolute atomic E-state index is 12.0. The van der Waals surface area contributed by atoms with Gasteiger partial charge < -0.3 is 25.2 Å². The zero-order chi connectivity index (χ0) is 21.8. The quantitative estimate of drug-likeness (QED) is 0.497. The number of amides is 1. The molecule has 0 radical (unpaired) electrons. The number of hydrogen-bond donors (Lipinski definition) is 2. The molecule has 164 valence electrons. The SMILES string of the molecule is NC(=O)[C@@H](Cc1cc2c3c(c1)nc(-c1ccc4oc(N)nc4c1)n3CCCCO2)C1CC1. The van der Waals surface area contributed by atoms with Crippen molar-refractivity contribution in [3.63, 3.8) is 0 Å². The summed E-state index contributed by atoms with van der Waals surface area (Å²) < 4.78 is 13.8. The summed E-state index contributed by atoms with van der Waals surface area (Å²) in [7, 11) is 0. The van der Waals surface area contributed by atoms with E-state index in [1.54, 1.807) is 0 Å². The van der Waals surface area contributed by atoms with E-state index >= 15 is 0 Å². The van der Waals surface area contributed by atoms with Gasteiger partial charge in [0.25, 0.3) is 6.01 Å². The molecule has 2 aliphatic rings. The number of oxazole rings is 1. The smallest absolute Gasteiger partial charge is 0.292 e. The van der Waals surface area contributed by atoms with Gasteiger partial charge in [-0.25, -0.2) is 4.98 Å². The summed E-state index contributed by atoms with van der Waals surface area (Å²) in [5.74, 6) is 1.74. The Morgan fingerprint density at radius 1 is 1.16 bits per heavy atom. The molecule has 0 spiro atoms. The highest BCUT2D eigenvalue weighted by Gasteiger charge is 2.35. The highest BCUT2D eigenvalue weighted by atomic mass is 16.5.